The van der Waals surface area contributed by atoms with Crippen molar-refractivity contribution in [3.63, 3.8) is 0 Å². The third-order valence-electron chi connectivity index (χ3n) is 3.41. The van der Waals surface area contributed by atoms with Gasteiger partial charge in [-0.05, 0) is 46.0 Å². The van der Waals surface area contributed by atoms with Gasteiger partial charge in [-0.15, -0.1) is 0 Å². The van der Waals surface area contributed by atoms with Gasteiger partial charge in [-0.3, -0.25) is 4.98 Å². The number of pyridine rings is 1. The molecular weight excluding hydrogens is 262 g/mol. The summed E-state index contributed by atoms with van der Waals surface area (Å²) in [6.07, 6.45) is 0.167. The Morgan fingerprint density at radius 1 is 1.29 bits per heavy atom. The lowest BCUT2D eigenvalue weighted by atomic mass is 10.0. The largest absolute Gasteiger partial charge is 0.491 e. The Morgan fingerprint density at radius 3 is 2.57 bits per heavy atom. The van der Waals surface area contributed by atoms with Crippen molar-refractivity contribution >= 4 is 16.6 Å². The van der Waals surface area contributed by atoms with Crippen molar-refractivity contribution in [2.24, 2.45) is 0 Å². The summed E-state index contributed by atoms with van der Waals surface area (Å²) in [6.45, 7) is 6.95. The van der Waals surface area contributed by atoms with E-state index in [4.69, 9.17) is 9.72 Å². The van der Waals surface area contributed by atoms with Crippen LogP contribution >= 0.6 is 0 Å². The summed E-state index contributed by atoms with van der Waals surface area (Å²) in [7, 11) is 6.11. The van der Waals surface area contributed by atoms with E-state index in [0.29, 0.717) is 0 Å². The van der Waals surface area contributed by atoms with Gasteiger partial charge in [0.15, 0.2) is 0 Å². The normalized spacial score (nSPS) is 11.2. The van der Waals surface area contributed by atoms with E-state index >= 15 is 0 Å². The second-order valence-corrected chi connectivity index (χ2v) is 5.79. The van der Waals surface area contributed by atoms with E-state index in [9.17, 15) is 0 Å². The first kappa shape index (κ1) is 15.6. The highest BCUT2D eigenvalue weighted by atomic mass is 16.5. The van der Waals surface area contributed by atoms with Gasteiger partial charge in [0.2, 0.25) is 0 Å². The van der Waals surface area contributed by atoms with Crippen molar-refractivity contribution < 1.29 is 4.74 Å². The van der Waals surface area contributed by atoms with E-state index in [-0.39, 0.29) is 6.10 Å². The molecule has 0 aliphatic carbocycles. The zero-order valence-corrected chi connectivity index (χ0v) is 13.8. The first-order valence-corrected chi connectivity index (χ1v) is 7.35. The van der Waals surface area contributed by atoms with Gasteiger partial charge < -0.3 is 15.0 Å². The standard InChI is InChI=1S/C17H25N3O/c1-11(2)21-13-7-8-16-14(9-13)17(20(5)6)15(10-18-4)12(3)19-16/h7-9,11,18H,10H2,1-6H3. The van der Waals surface area contributed by atoms with Gasteiger partial charge in [0.1, 0.15) is 5.75 Å². The van der Waals surface area contributed by atoms with Gasteiger partial charge >= 0.3 is 0 Å². The van der Waals surface area contributed by atoms with E-state index in [1.54, 1.807) is 0 Å². The van der Waals surface area contributed by atoms with Crippen LogP contribution in [0.25, 0.3) is 10.9 Å². The molecule has 0 saturated carbocycles. The molecule has 0 saturated heterocycles. The van der Waals surface area contributed by atoms with Crippen LogP contribution in [0.3, 0.4) is 0 Å². The van der Waals surface area contributed by atoms with Crippen LogP contribution in [0.1, 0.15) is 25.1 Å². The second kappa shape index (κ2) is 6.31. The summed E-state index contributed by atoms with van der Waals surface area (Å²) in [6, 6.07) is 6.12. The summed E-state index contributed by atoms with van der Waals surface area (Å²) in [5, 5.41) is 4.37. The molecule has 2 aromatic rings. The number of benzene rings is 1. The van der Waals surface area contributed by atoms with Crippen molar-refractivity contribution in [3.8, 4) is 5.75 Å². The quantitative estimate of drug-likeness (QED) is 0.917. The van der Waals surface area contributed by atoms with Gasteiger partial charge in [-0.1, -0.05) is 0 Å². The number of ether oxygens (including phenoxy) is 1. The number of aromatic nitrogens is 1. The van der Waals surface area contributed by atoms with Gasteiger partial charge in [0, 0.05) is 37.3 Å². The van der Waals surface area contributed by atoms with Crippen LogP contribution in [0, 0.1) is 6.92 Å². The van der Waals surface area contributed by atoms with Crippen LogP contribution in [0.5, 0.6) is 5.75 Å². The fourth-order valence-corrected chi connectivity index (χ4v) is 2.63. The number of hydrogen-bond donors (Lipinski definition) is 1. The molecule has 0 atom stereocenters. The lowest BCUT2D eigenvalue weighted by Crippen LogP contribution is -2.17. The molecule has 0 bridgehead atoms. The smallest absolute Gasteiger partial charge is 0.120 e. The second-order valence-electron chi connectivity index (χ2n) is 5.79. The molecule has 21 heavy (non-hydrogen) atoms. The van der Waals surface area contributed by atoms with Gasteiger partial charge in [-0.25, -0.2) is 0 Å². The Bertz CT molecular complexity index is 635. The van der Waals surface area contributed by atoms with Gasteiger partial charge in [0.05, 0.1) is 17.3 Å². The molecule has 0 spiro atoms. The molecule has 1 heterocycles. The summed E-state index contributed by atoms with van der Waals surface area (Å²) < 4.78 is 5.83. The van der Waals surface area contributed by atoms with Crippen molar-refractivity contribution in [2.75, 3.05) is 26.0 Å². The predicted octanol–water partition coefficient (Wildman–Crippen LogP) is 3.12. The van der Waals surface area contributed by atoms with E-state index in [1.807, 2.05) is 33.0 Å². The third kappa shape index (κ3) is 3.27. The number of aryl methyl sites for hydroxylation is 1. The van der Waals surface area contributed by atoms with Crippen LogP contribution in [-0.2, 0) is 6.54 Å². The predicted molar refractivity (Wildman–Crippen MR) is 89.3 cm³/mol. The number of nitrogens with one attached hydrogen (secondary N) is 1. The van der Waals surface area contributed by atoms with Crippen LogP contribution in [0.4, 0.5) is 5.69 Å². The van der Waals surface area contributed by atoms with E-state index in [0.717, 1.165) is 28.9 Å². The Morgan fingerprint density at radius 2 is 2.00 bits per heavy atom. The highest BCUT2D eigenvalue weighted by molar-refractivity contribution is 5.94. The molecule has 1 N–H and O–H groups in total. The highest BCUT2D eigenvalue weighted by Crippen LogP contribution is 2.33. The molecule has 114 valence electrons. The van der Waals surface area contributed by atoms with Gasteiger partial charge in [0.25, 0.3) is 0 Å². The average Bonchev–Trinajstić information content (AvgIpc) is 2.39. The van der Waals surface area contributed by atoms with E-state index in [1.165, 1.54) is 11.3 Å². The maximum Gasteiger partial charge on any atom is 0.120 e. The van der Waals surface area contributed by atoms with Crippen molar-refractivity contribution in [1.82, 2.24) is 10.3 Å². The molecule has 4 heteroatoms. The van der Waals surface area contributed by atoms with E-state index in [2.05, 4.69) is 37.3 Å². The average molecular weight is 287 g/mol. The van der Waals surface area contributed by atoms with Crippen molar-refractivity contribution in [1.29, 1.82) is 0 Å². The highest BCUT2D eigenvalue weighted by Gasteiger charge is 2.14. The first-order valence-electron chi connectivity index (χ1n) is 7.35. The topological polar surface area (TPSA) is 37.4 Å². The SMILES string of the molecule is CNCc1c(C)nc2ccc(OC(C)C)cc2c1N(C)C. The van der Waals surface area contributed by atoms with Crippen LogP contribution in [-0.4, -0.2) is 32.2 Å². The van der Waals surface area contributed by atoms with Crippen molar-refractivity contribution in [2.45, 2.75) is 33.4 Å². The minimum atomic E-state index is 0.167. The molecular formula is C17H25N3O. The number of fused-ring (bicyclic) bond motifs is 1. The monoisotopic (exact) mass is 287 g/mol. The van der Waals surface area contributed by atoms with Crippen LogP contribution in [0.15, 0.2) is 18.2 Å². The molecule has 1 aromatic heterocycles. The molecule has 0 aliphatic heterocycles. The minimum absolute atomic E-state index is 0.167. The number of rotatable bonds is 5. The molecule has 0 fully saturated rings. The van der Waals surface area contributed by atoms with Crippen LogP contribution < -0.4 is 15.0 Å². The lowest BCUT2D eigenvalue weighted by molar-refractivity contribution is 0.243. The van der Waals surface area contributed by atoms with Crippen molar-refractivity contribution in [3.05, 3.63) is 29.5 Å². The summed E-state index contributed by atoms with van der Waals surface area (Å²) in [5.74, 6) is 0.890. The Balaban J connectivity index is 2.68. The van der Waals surface area contributed by atoms with Crippen LogP contribution in [0.2, 0.25) is 0 Å². The molecule has 0 unspecified atom stereocenters. The summed E-state index contributed by atoms with van der Waals surface area (Å²) >= 11 is 0. The summed E-state index contributed by atoms with van der Waals surface area (Å²) in [5.41, 5.74) is 4.52. The third-order valence-corrected chi connectivity index (χ3v) is 3.41. The Labute approximate surface area is 127 Å². The number of nitrogens with zero attached hydrogens (tertiary/aromatic N) is 2. The number of hydrogen-bond acceptors (Lipinski definition) is 4. The van der Waals surface area contributed by atoms with Gasteiger partial charge in [-0.2, -0.15) is 0 Å². The Kier molecular flexibility index (Phi) is 4.68. The zero-order valence-electron chi connectivity index (χ0n) is 13.8. The molecule has 4 nitrogen and oxygen atoms in total. The minimum Gasteiger partial charge on any atom is -0.491 e. The maximum absolute atomic E-state index is 5.83. The molecule has 0 aliphatic rings. The Hall–Kier alpha value is -1.81. The molecule has 1 aromatic carbocycles. The first-order chi connectivity index (χ1) is 9.93. The van der Waals surface area contributed by atoms with E-state index < -0.39 is 0 Å². The molecule has 0 radical (unpaired) electrons. The maximum atomic E-state index is 5.83. The zero-order chi connectivity index (χ0) is 15.6. The lowest BCUT2D eigenvalue weighted by Gasteiger charge is -2.22. The summed E-state index contributed by atoms with van der Waals surface area (Å²) in [4.78, 5) is 6.89. The molecule has 0 amide bonds. The number of anilines is 1. The fraction of sp³-hybridized carbons (Fsp3) is 0.471. The molecule has 2 rings (SSSR count). The fourth-order valence-electron chi connectivity index (χ4n) is 2.63.